The maximum atomic E-state index is 11.2. The number of carbonyl (C=O) groups is 1. The van der Waals surface area contributed by atoms with Crippen LogP contribution in [0.2, 0.25) is 5.02 Å². The fourth-order valence-electron chi connectivity index (χ4n) is 2.76. The fourth-order valence-corrected chi connectivity index (χ4v) is 3.03. The van der Waals surface area contributed by atoms with Crippen LogP contribution in [0.1, 0.15) is 48.2 Å². The van der Waals surface area contributed by atoms with Crippen LogP contribution in [0.5, 0.6) is 0 Å². The van der Waals surface area contributed by atoms with E-state index in [1.165, 1.54) is 12.0 Å². The van der Waals surface area contributed by atoms with Gasteiger partial charge in [0.25, 0.3) is 0 Å². The Bertz CT molecular complexity index is 707. The topological polar surface area (TPSA) is 43.1 Å². The number of aryl methyl sites for hydroxylation is 2. The summed E-state index contributed by atoms with van der Waals surface area (Å²) < 4.78 is 0. The van der Waals surface area contributed by atoms with Crippen LogP contribution in [-0.2, 0) is 6.42 Å². The standard InChI is InChI=1S/C20H24ClNO/c1-13(2)5-4-6-15-7-8-16(12-19(15)21)18-10-9-17(20(22)23)11-14(18)3/h7-13H,4-6H2,1-3H3,(H2,22,23). The van der Waals surface area contributed by atoms with Gasteiger partial charge >= 0.3 is 0 Å². The molecule has 2 nitrogen and oxygen atoms in total. The van der Waals surface area contributed by atoms with E-state index in [4.69, 9.17) is 17.3 Å². The van der Waals surface area contributed by atoms with Crippen LogP contribution in [-0.4, -0.2) is 5.91 Å². The molecule has 0 heterocycles. The Balaban J connectivity index is 2.21. The van der Waals surface area contributed by atoms with Crippen LogP contribution in [0.15, 0.2) is 36.4 Å². The van der Waals surface area contributed by atoms with Crippen molar-refractivity contribution in [3.05, 3.63) is 58.1 Å². The minimum absolute atomic E-state index is 0.404. The molecule has 0 fully saturated rings. The molecular formula is C20H24ClNO. The molecule has 1 amide bonds. The summed E-state index contributed by atoms with van der Waals surface area (Å²) in [5.74, 6) is 0.317. The molecular weight excluding hydrogens is 306 g/mol. The number of benzene rings is 2. The lowest BCUT2D eigenvalue weighted by Crippen LogP contribution is -2.10. The van der Waals surface area contributed by atoms with E-state index >= 15 is 0 Å². The number of halogens is 1. The van der Waals surface area contributed by atoms with Crippen molar-refractivity contribution < 1.29 is 4.79 Å². The van der Waals surface area contributed by atoms with Gasteiger partial charge in [0.2, 0.25) is 5.91 Å². The highest BCUT2D eigenvalue weighted by molar-refractivity contribution is 6.31. The Kier molecular flexibility index (Phi) is 5.84. The van der Waals surface area contributed by atoms with E-state index in [9.17, 15) is 4.79 Å². The van der Waals surface area contributed by atoms with Crippen molar-refractivity contribution in [2.45, 2.75) is 40.0 Å². The predicted molar refractivity (Wildman–Crippen MR) is 97.9 cm³/mol. The maximum Gasteiger partial charge on any atom is 0.248 e. The van der Waals surface area contributed by atoms with Gasteiger partial charge in [-0.15, -0.1) is 0 Å². The molecule has 122 valence electrons. The summed E-state index contributed by atoms with van der Waals surface area (Å²) in [5, 5.41) is 0.810. The molecule has 0 unspecified atom stereocenters. The lowest BCUT2D eigenvalue weighted by Gasteiger charge is -2.11. The van der Waals surface area contributed by atoms with Crippen molar-refractivity contribution in [3.8, 4) is 11.1 Å². The van der Waals surface area contributed by atoms with Crippen molar-refractivity contribution in [2.24, 2.45) is 11.7 Å². The van der Waals surface area contributed by atoms with Crippen LogP contribution < -0.4 is 5.73 Å². The van der Waals surface area contributed by atoms with Gasteiger partial charge in [-0.1, -0.05) is 50.1 Å². The van der Waals surface area contributed by atoms with E-state index in [2.05, 4.69) is 26.0 Å². The second kappa shape index (κ2) is 7.65. The SMILES string of the molecule is Cc1cc(C(N)=O)ccc1-c1ccc(CCCC(C)C)c(Cl)c1. The molecule has 0 atom stereocenters. The average molecular weight is 330 g/mol. The van der Waals surface area contributed by atoms with Gasteiger partial charge in [0, 0.05) is 10.6 Å². The maximum absolute atomic E-state index is 11.2. The highest BCUT2D eigenvalue weighted by atomic mass is 35.5. The van der Waals surface area contributed by atoms with Gasteiger partial charge in [-0.3, -0.25) is 4.79 Å². The number of amides is 1. The first-order valence-electron chi connectivity index (χ1n) is 8.07. The highest BCUT2D eigenvalue weighted by Crippen LogP contribution is 2.29. The summed E-state index contributed by atoms with van der Waals surface area (Å²) in [5.41, 5.74) is 10.2. The molecule has 3 heteroatoms. The van der Waals surface area contributed by atoms with Crippen molar-refractivity contribution in [1.29, 1.82) is 0 Å². The molecule has 2 aromatic carbocycles. The summed E-state index contributed by atoms with van der Waals surface area (Å²) in [6.07, 6.45) is 3.38. The molecule has 0 aliphatic heterocycles. The largest absolute Gasteiger partial charge is 0.366 e. The number of primary amides is 1. The van der Waals surface area contributed by atoms with Gasteiger partial charge in [0.15, 0.2) is 0 Å². The normalized spacial score (nSPS) is 11.0. The van der Waals surface area contributed by atoms with Crippen LogP contribution in [0.4, 0.5) is 0 Å². The number of hydrogen-bond donors (Lipinski definition) is 1. The van der Waals surface area contributed by atoms with E-state index in [1.807, 2.05) is 25.1 Å². The fraction of sp³-hybridized carbons (Fsp3) is 0.350. The minimum atomic E-state index is -0.404. The Labute approximate surface area is 143 Å². The Morgan fingerprint density at radius 3 is 2.48 bits per heavy atom. The molecule has 2 aromatic rings. The van der Waals surface area contributed by atoms with Crippen LogP contribution in [0, 0.1) is 12.8 Å². The molecule has 23 heavy (non-hydrogen) atoms. The van der Waals surface area contributed by atoms with E-state index in [1.54, 1.807) is 6.07 Å². The van der Waals surface area contributed by atoms with E-state index in [-0.39, 0.29) is 0 Å². The summed E-state index contributed by atoms with van der Waals surface area (Å²) in [4.78, 5) is 11.2. The molecule has 2 N–H and O–H groups in total. The van der Waals surface area contributed by atoms with Crippen molar-refractivity contribution in [1.82, 2.24) is 0 Å². The molecule has 0 aliphatic carbocycles. The molecule has 2 rings (SSSR count). The zero-order chi connectivity index (χ0) is 17.0. The Morgan fingerprint density at radius 1 is 1.17 bits per heavy atom. The number of hydrogen-bond acceptors (Lipinski definition) is 1. The zero-order valence-corrected chi connectivity index (χ0v) is 14.8. The van der Waals surface area contributed by atoms with Crippen LogP contribution in [0.3, 0.4) is 0 Å². The average Bonchev–Trinajstić information content (AvgIpc) is 2.48. The first-order chi connectivity index (χ1) is 10.9. The molecule has 0 bridgehead atoms. The number of nitrogens with two attached hydrogens (primary N) is 1. The molecule has 0 saturated heterocycles. The lowest BCUT2D eigenvalue weighted by molar-refractivity contribution is 0.1000. The molecule has 0 radical (unpaired) electrons. The molecule has 0 saturated carbocycles. The second-order valence-electron chi connectivity index (χ2n) is 6.49. The quantitative estimate of drug-likeness (QED) is 0.758. The number of rotatable bonds is 6. The van der Waals surface area contributed by atoms with Gasteiger partial charge < -0.3 is 5.73 Å². The highest BCUT2D eigenvalue weighted by Gasteiger charge is 2.09. The zero-order valence-electron chi connectivity index (χ0n) is 14.0. The summed E-state index contributed by atoms with van der Waals surface area (Å²) in [7, 11) is 0. The minimum Gasteiger partial charge on any atom is -0.366 e. The van der Waals surface area contributed by atoms with E-state index in [0.717, 1.165) is 40.5 Å². The van der Waals surface area contributed by atoms with Gasteiger partial charge in [0.1, 0.15) is 0 Å². The molecule has 0 aliphatic rings. The molecule has 0 spiro atoms. The first-order valence-corrected chi connectivity index (χ1v) is 8.45. The second-order valence-corrected chi connectivity index (χ2v) is 6.89. The van der Waals surface area contributed by atoms with E-state index in [0.29, 0.717) is 5.56 Å². The third kappa shape index (κ3) is 4.59. The van der Waals surface area contributed by atoms with Crippen molar-refractivity contribution in [3.63, 3.8) is 0 Å². The smallest absolute Gasteiger partial charge is 0.248 e. The summed E-state index contributed by atoms with van der Waals surface area (Å²) in [6, 6.07) is 11.7. The van der Waals surface area contributed by atoms with Gasteiger partial charge in [-0.25, -0.2) is 0 Å². The molecule has 0 aromatic heterocycles. The Morgan fingerprint density at radius 2 is 1.91 bits per heavy atom. The predicted octanol–water partition coefficient (Wildman–Crippen LogP) is 5.39. The lowest BCUT2D eigenvalue weighted by atomic mass is 9.96. The monoisotopic (exact) mass is 329 g/mol. The summed E-state index contributed by atoms with van der Waals surface area (Å²) >= 11 is 6.45. The van der Waals surface area contributed by atoms with Gasteiger partial charge in [0.05, 0.1) is 0 Å². The van der Waals surface area contributed by atoms with Crippen molar-refractivity contribution in [2.75, 3.05) is 0 Å². The van der Waals surface area contributed by atoms with Gasteiger partial charge in [-0.2, -0.15) is 0 Å². The summed E-state index contributed by atoms with van der Waals surface area (Å²) in [6.45, 7) is 6.46. The van der Waals surface area contributed by atoms with Crippen LogP contribution in [0.25, 0.3) is 11.1 Å². The third-order valence-electron chi connectivity index (χ3n) is 4.10. The third-order valence-corrected chi connectivity index (χ3v) is 4.45. The van der Waals surface area contributed by atoms with E-state index < -0.39 is 5.91 Å². The Hall–Kier alpha value is -1.80. The van der Waals surface area contributed by atoms with Gasteiger partial charge in [-0.05, 0) is 66.1 Å². The van der Waals surface area contributed by atoms with Crippen molar-refractivity contribution >= 4 is 17.5 Å². The number of carbonyl (C=O) groups excluding carboxylic acids is 1. The first kappa shape index (κ1) is 17.6. The van der Waals surface area contributed by atoms with Crippen LogP contribution >= 0.6 is 11.6 Å².